The quantitative estimate of drug-likeness (QED) is 0.806. The first-order valence-corrected chi connectivity index (χ1v) is 6.22. The summed E-state index contributed by atoms with van der Waals surface area (Å²) in [5.41, 5.74) is 0.535. The molecule has 0 spiro atoms. The molecule has 1 amide bonds. The van der Waals surface area contributed by atoms with Crippen LogP contribution in [0.3, 0.4) is 0 Å². The smallest absolute Gasteiger partial charge is 0.251 e. The van der Waals surface area contributed by atoms with Crippen molar-refractivity contribution in [2.75, 3.05) is 13.7 Å². The fourth-order valence-corrected chi connectivity index (χ4v) is 2.13. The summed E-state index contributed by atoms with van der Waals surface area (Å²) in [4.78, 5) is 12.7. The predicted octanol–water partition coefficient (Wildman–Crippen LogP) is 2.27. The summed E-state index contributed by atoms with van der Waals surface area (Å²) >= 11 is 4.19. The second-order valence-electron chi connectivity index (χ2n) is 4.47. The second kappa shape index (κ2) is 5.10. The first-order valence-electron chi connectivity index (χ1n) is 5.78. The number of carbonyl (C=O) groups is 1. The molecule has 1 aliphatic rings. The molecular formula is C13H17NO2S. The van der Waals surface area contributed by atoms with Gasteiger partial charge >= 0.3 is 0 Å². The van der Waals surface area contributed by atoms with Gasteiger partial charge in [0.2, 0.25) is 0 Å². The van der Waals surface area contributed by atoms with Gasteiger partial charge in [-0.3, -0.25) is 4.79 Å². The Labute approximate surface area is 107 Å². The number of carbonyl (C=O) groups excluding carboxylic acids is 1. The molecule has 1 fully saturated rings. The molecule has 0 aliphatic heterocycles. The van der Waals surface area contributed by atoms with Crippen molar-refractivity contribution in [1.82, 2.24) is 5.32 Å². The lowest BCUT2D eigenvalue weighted by Gasteiger charge is -2.40. The summed E-state index contributed by atoms with van der Waals surface area (Å²) in [5, 5.41) is 2.92. The van der Waals surface area contributed by atoms with Crippen molar-refractivity contribution in [1.29, 1.82) is 0 Å². The first kappa shape index (κ1) is 12.5. The third kappa shape index (κ3) is 2.82. The number of benzene rings is 1. The molecule has 4 heteroatoms. The molecule has 0 aromatic heterocycles. The Morgan fingerprint density at radius 2 is 2.06 bits per heavy atom. The van der Waals surface area contributed by atoms with Gasteiger partial charge in [-0.15, -0.1) is 12.6 Å². The zero-order valence-electron chi connectivity index (χ0n) is 9.90. The van der Waals surface area contributed by atoms with E-state index in [0.29, 0.717) is 12.1 Å². The minimum atomic E-state index is -0.126. The highest BCUT2D eigenvalue weighted by molar-refractivity contribution is 7.80. The molecular weight excluding hydrogens is 234 g/mol. The van der Waals surface area contributed by atoms with E-state index in [4.69, 9.17) is 4.74 Å². The van der Waals surface area contributed by atoms with Gasteiger partial charge in [0.25, 0.3) is 5.91 Å². The fraction of sp³-hybridized carbons (Fsp3) is 0.462. The van der Waals surface area contributed by atoms with E-state index in [-0.39, 0.29) is 11.5 Å². The number of thiol groups is 1. The molecule has 1 aromatic rings. The van der Waals surface area contributed by atoms with Crippen LogP contribution in [0, 0.1) is 0 Å². The van der Waals surface area contributed by atoms with Crippen molar-refractivity contribution in [2.24, 2.45) is 0 Å². The van der Waals surface area contributed by atoms with Crippen LogP contribution in [0.2, 0.25) is 0 Å². The van der Waals surface area contributed by atoms with Crippen LogP contribution in [-0.4, -0.2) is 25.2 Å². The number of rotatable bonds is 4. The van der Waals surface area contributed by atoms with Gasteiger partial charge in [0.05, 0.1) is 5.60 Å². The van der Waals surface area contributed by atoms with E-state index in [0.717, 1.165) is 17.7 Å². The number of nitrogens with one attached hydrogen (secondary N) is 1. The lowest BCUT2D eigenvalue weighted by Crippen LogP contribution is -2.49. The molecule has 0 bridgehead atoms. The summed E-state index contributed by atoms with van der Waals surface area (Å²) in [6.45, 7) is 0.588. The van der Waals surface area contributed by atoms with Gasteiger partial charge < -0.3 is 10.1 Å². The van der Waals surface area contributed by atoms with E-state index >= 15 is 0 Å². The summed E-state index contributed by atoms with van der Waals surface area (Å²) in [6, 6.07) is 7.18. The number of methoxy groups -OCH3 is 1. The van der Waals surface area contributed by atoms with Crippen LogP contribution in [0.25, 0.3) is 0 Å². The Morgan fingerprint density at radius 3 is 2.53 bits per heavy atom. The van der Waals surface area contributed by atoms with Crippen molar-refractivity contribution in [3.8, 4) is 0 Å². The second-order valence-corrected chi connectivity index (χ2v) is 4.99. The SMILES string of the molecule is COC1(CNC(=O)c2ccc(S)cc2)CCC1. The van der Waals surface area contributed by atoms with Gasteiger partial charge in [-0.05, 0) is 43.5 Å². The van der Waals surface area contributed by atoms with Gasteiger partial charge in [0, 0.05) is 24.1 Å². The average molecular weight is 251 g/mol. The molecule has 0 atom stereocenters. The van der Waals surface area contributed by atoms with E-state index in [1.165, 1.54) is 6.42 Å². The molecule has 92 valence electrons. The zero-order valence-corrected chi connectivity index (χ0v) is 10.8. The normalized spacial score (nSPS) is 17.3. The number of hydrogen-bond donors (Lipinski definition) is 2. The van der Waals surface area contributed by atoms with E-state index in [9.17, 15) is 4.79 Å². The van der Waals surface area contributed by atoms with Crippen LogP contribution in [0.4, 0.5) is 0 Å². The van der Waals surface area contributed by atoms with Crippen molar-refractivity contribution >= 4 is 18.5 Å². The lowest BCUT2D eigenvalue weighted by atomic mass is 9.80. The monoisotopic (exact) mass is 251 g/mol. The molecule has 17 heavy (non-hydrogen) atoms. The van der Waals surface area contributed by atoms with Gasteiger partial charge in [-0.25, -0.2) is 0 Å². The molecule has 2 rings (SSSR count). The zero-order chi connectivity index (χ0) is 12.3. The number of amides is 1. The maximum atomic E-state index is 11.9. The molecule has 1 saturated carbocycles. The van der Waals surface area contributed by atoms with Crippen LogP contribution >= 0.6 is 12.6 Å². The van der Waals surface area contributed by atoms with Crippen LogP contribution in [0.1, 0.15) is 29.6 Å². The van der Waals surface area contributed by atoms with Crippen molar-refractivity contribution in [2.45, 2.75) is 29.8 Å². The van der Waals surface area contributed by atoms with E-state index < -0.39 is 0 Å². The molecule has 0 heterocycles. The summed E-state index contributed by atoms with van der Waals surface area (Å²) in [6.07, 6.45) is 3.23. The average Bonchev–Trinajstić information content (AvgIpc) is 2.29. The molecule has 1 aromatic carbocycles. The Balaban J connectivity index is 1.91. The van der Waals surface area contributed by atoms with E-state index in [2.05, 4.69) is 17.9 Å². The summed E-state index contributed by atoms with van der Waals surface area (Å²) < 4.78 is 5.45. The summed E-state index contributed by atoms with van der Waals surface area (Å²) in [5.74, 6) is -0.0540. The van der Waals surface area contributed by atoms with Gasteiger partial charge in [0.1, 0.15) is 0 Å². The highest BCUT2D eigenvalue weighted by Crippen LogP contribution is 2.34. The van der Waals surface area contributed by atoms with Crippen LogP contribution in [0.5, 0.6) is 0 Å². The van der Waals surface area contributed by atoms with Crippen molar-refractivity contribution < 1.29 is 9.53 Å². The van der Waals surface area contributed by atoms with Crippen LogP contribution in [0.15, 0.2) is 29.2 Å². The molecule has 0 radical (unpaired) electrons. The molecule has 1 N–H and O–H groups in total. The van der Waals surface area contributed by atoms with E-state index in [1.807, 2.05) is 12.1 Å². The third-order valence-corrected chi connectivity index (χ3v) is 3.70. The number of hydrogen-bond acceptors (Lipinski definition) is 3. The fourth-order valence-electron chi connectivity index (χ4n) is 1.98. The van der Waals surface area contributed by atoms with E-state index in [1.54, 1.807) is 19.2 Å². The predicted molar refractivity (Wildman–Crippen MR) is 69.6 cm³/mol. The van der Waals surface area contributed by atoms with Gasteiger partial charge in [0.15, 0.2) is 0 Å². The Morgan fingerprint density at radius 1 is 1.41 bits per heavy atom. The molecule has 0 saturated heterocycles. The lowest BCUT2D eigenvalue weighted by molar-refractivity contribution is -0.0679. The number of ether oxygens (including phenoxy) is 1. The highest BCUT2D eigenvalue weighted by atomic mass is 32.1. The largest absolute Gasteiger partial charge is 0.376 e. The Bertz CT molecular complexity index is 393. The highest BCUT2D eigenvalue weighted by Gasteiger charge is 2.37. The third-order valence-electron chi connectivity index (χ3n) is 3.40. The molecule has 0 unspecified atom stereocenters. The van der Waals surface area contributed by atoms with Crippen LogP contribution < -0.4 is 5.32 Å². The molecule has 1 aliphatic carbocycles. The molecule has 3 nitrogen and oxygen atoms in total. The van der Waals surface area contributed by atoms with Crippen molar-refractivity contribution in [3.05, 3.63) is 29.8 Å². The van der Waals surface area contributed by atoms with Crippen molar-refractivity contribution in [3.63, 3.8) is 0 Å². The van der Waals surface area contributed by atoms with Gasteiger partial charge in [-0.2, -0.15) is 0 Å². The summed E-state index contributed by atoms with van der Waals surface area (Å²) in [7, 11) is 1.71. The van der Waals surface area contributed by atoms with Crippen LogP contribution in [-0.2, 0) is 4.74 Å². The topological polar surface area (TPSA) is 38.3 Å². The van der Waals surface area contributed by atoms with Gasteiger partial charge in [-0.1, -0.05) is 0 Å². The maximum absolute atomic E-state index is 11.9. The maximum Gasteiger partial charge on any atom is 0.251 e. The Hall–Kier alpha value is -1.00. The first-order chi connectivity index (χ1) is 8.15. The minimum Gasteiger partial charge on any atom is -0.376 e. The Kier molecular flexibility index (Phi) is 3.74. The standard InChI is InChI=1S/C13H17NO2S/c1-16-13(7-2-8-13)9-14-12(15)10-3-5-11(17)6-4-10/h3-6,17H,2,7-9H2,1H3,(H,14,15). The minimum absolute atomic E-state index is 0.0540.